The number of ether oxygens (including phenoxy) is 1. The molecule has 2 aromatic carbocycles. The topological polar surface area (TPSA) is 61.9 Å². The van der Waals surface area contributed by atoms with Gasteiger partial charge in [-0.15, -0.1) is 0 Å². The van der Waals surface area contributed by atoms with Crippen LogP contribution in [0, 0.1) is 0 Å². The molecule has 0 aromatic heterocycles. The van der Waals surface area contributed by atoms with Gasteiger partial charge in [-0.1, -0.05) is 17.7 Å². The Hall–Kier alpha value is -2.73. The lowest BCUT2D eigenvalue weighted by molar-refractivity contribution is 0.0816. The molecule has 1 unspecified atom stereocenters. The van der Waals surface area contributed by atoms with Crippen LogP contribution in [0.15, 0.2) is 42.5 Å². The summed E-state index contributed by atoms with van der Waals surface area (Å²) >= 11 is 5.89. The molecular formula is C20H20ClN3O3. The summed E-state index contributed by atoms with van der Waals surface area (Å²) in [5.74, 6) is 0.729. The first-order valence-corrected chi connectivity index (χ1v) is 9.24. The average molecular weight is 386 g/mol. The van der Waals surface area contributed by atoms with Crippen LogP contribution in [-0.4, -0.2) is 48.0 Å². The van der Waals surface area contributed by atoms with Crippen molar-refractivity contribution < 1.29 is 14.3 Å². The summed E-state index contributed by atoms with van der Waals surface area (Å²) in [4.78, 5) is 28.2. The third-order valence-corrected chi connectivity index (χ3v) is 5.19. The molecule has 2 heterocycles. The van der Waals surface area contributed by atoms with E-state index in [0.29, 0.717) is 35.9 Å². The summed E-state index contributed by atoms with van der Waals surface area (Å²) in [7, 11) is 1.76. The van der Waals surface area contributed by atoms with E-state index in [9.17, 15) is 9.59 Å². The summed E-state index contributed by atoms with van der Waals surface area (Å²) < 4.78 is 5.93. The van der Waals surface area contributed by atoms with E-state index in [1.807, 2.05) is 18.2 Å². The number of nitrogens with one attached hydrogen (secondary N) is 1. The van der Waals surface area contributed by atoms with Gasteiger partial charge in [-0.05, 0) is 36.4 Å². The summed E-state index contributed by atoms with van der Waals surface area (Å²) in [5.41, 5.74) is 2.21. The van der Waals surface area contributed by atoms with Crippen molar-refractivity contribution >= 4 is 29.2 Å². The largest absolute Gasteiger partial charge is 0.489 e. The Labute approximate surface area is 162 Å². The number of likely N-dealkylation sites (tertiary alicyclic amines) is 1. The lowest BCUT2D eigenvalue weighted by atomic mass is 10.1. The van der Waals surface area contributed by atoms with Crippen molar-refractivity contribution in [3.63, 3.8) is 0 Å². The van der Waals surface area contributed by atoms with E-state index in [1.54, 1.807) is 41.1 Å². The second-order valence-electron chi connectivity index (χ2n) is 6.85. The van der Waals surface area contributed by atoms with Gasteiger partial charge in [0.1, 0.15) is 11.9 Å². The first kappa shape index (κ1) is 17.7. The molecule has 0 spiro atoms. The lowest BCUT2D eigenvalue weighted by Crippen LogP contribution is -2.34. The SMILES string of the molecule is CN1Cc2c(NC(=O)N3CCC(Oc4ccc(Cl)cc4)C3)cccc2C1=O. The Morgan fingerprint density at radius 1 is 1.22 bits per heavy atom. The van der Waals surface area contributed by atoms with Crippen molar-refractivity contribution in [2.75, 3.05) is 25.5 Å². The summed E-state index contributed by atoms with van der Waals surface area (Å²) in [6, 6.07) is 12.5. The summed E-state index contributed by atoms with van der Waals surface area (Å²) in [5, 5.41) is 3.61. The summed E-state index contributed by atoms with van der Waals surface area (Å²) in [6.07, 6.45) is 0.718. The van der Waals surface area contributed by atoms with Gasteiger partial charge < -0.3 is 19.9 Å². The first-order chi connectivity index (χ1) is 13.0. The summed E-state index contributed by atoms with van der Waals surface area (Å²) in [6.45, 7) is 1.65. The molecule has 1 N–H and O–H groups in total. The maximum atomic E-state index is 12.7. The van der Waals surface area contributed by atoms with E-state index in [2.05, 4.69) is 5.32 Å². The van der Waals surface area contributed by atoms with Gasteiger partial charge >= 0.3 is 6.03 Å². The Bertz CT molecular complexity index is 885. The number of amides is 3. The van der Waals surface area contributed by atoms with E-state index in [-0.39, 0.29) is 18.0 Å². The molecule has 4 rings (SSSR count). The molecule has 0 saturated carbocycles. The monoisotopic (exact) mass is 385 g/mol. The minimum atomic E-state index is -0.174. The Kier molecular flexibility index (Phi) is 4.66. The Morgan fingerprint density at radius 3 is 2.78 bits per heavy atom. The van der Waals surface area contributed by atoms with E-state index in [0.717, 1.165) is 17.7 Å². The van der Waals surface area contributed by atoms with Crippen molar-refractivity contribution in [1.29, 1.82) is 0 Å². The third kappa shape index (κ3) is 3.57. The minimum absolute atomic E-state index is 0.0151. The van der Waals surface area contributed by atoms with Crippen molar-refractivity contribution in [3.05, 3.63) is 58.6 Å². The Morgan fingerprint density at radius 2 is 2.00 bits per heavy atom. The molecule has 0 aliphatic carbocycles. The van der Waals surface area contributed by atoms with Crippen molar-refractivity contribution in [3.8, 4) is 5.75 Å². The number of halogens is 1. The predicted molar refractivity (Wildman–Crippen MR) is 103 cm³/mol. The van der Waals surface area contributed by atoms with Crippen LogP contribution in [0.25, 0.3) is 0 Å². The zero-order valence-electron chi connectivity index (χ0n) is 14.9. The van der Waals surface area contributed by atoms with Gasteiger partial charge in [0, 0.05) is 48.4 Å². The van der Waals surface area contributed by atoms with Gasteiger partial charge in [-0.25, -0.2) is 4.79 Å². The molecule has 0 bridgehead atoms. The normalized spacial score (nSPS) is 18.6. The second-order valence-corrected chi connectivity index (χ2v) is 7.29. The third-order valence-electron chi connectivity index (χ3n) is 4.94. The van der Waals surface area contributed by atoms with E-state index in [1.165, 1.54) is 0 Å². The van der Waals surface area contributed by atoms with Crippen molar-refractivity contribution in [1.82, 2.24) is 9.80 Å². The van der Waals surface area contributed by atoms with Crippen LogP contribution in [-0.2, 0) is 6.54 Å². The van der Waals surface area contributed by atoms with Gasteiger partial charge in [0.15, 0.2) is 0 Å². The van der Waals surface area contributed by atoms with Gasteiger partial charge in [-0.3, -0.25) is 4.79 Å². The highest BCUT2D eigenvalue weighted by molar-refractivity contribution is 6.30. The molecular weight excluding hydrogens is 366 g/mol. The van der Waals surface area contributed by atoms with Gasteiger partial charge in [-0.2, -0.15) is 0 Å². The lowest BCUT2D eigenvalue weighted by Gasteiger charge is -2.19. The molecule has 7 heteroatoms. The smallest absolute Gasteiger partial charge is 0.321 e. The Balaban J connectivity index is 1.39. The van der Waals surface area contributed by atoms with Crippen LogP contribution in [0.3, 0.4) is 0 Å². The molecule has 1 atom stereocenters. The molecule has 1 fully saturated rings. The number of urea groups is 1. The standard InChI is InChI=1S/C20H20ClN3O3/c1-23-12-17-16(19(23)25)3-2-4-18(17)22-20(26)24-10-9-15(11-24)27-14-7-5-13(21)6-8-14/h2-8,15H,9-12H2,1H3,(H,22,26). The fourth-order valence-electron chi connectivity index (χ4n) is 3.50. The average Bonchev–Trinajstić information content (AvgIpc) is 3.23. The van der Waals surface area contributed by atoms with Gasteiger partial charge in [0.05, 0.1) is 6.54 Å². The zero-order chi connectivity index (χ0) is 19.0. The molecule has 27 heavy (non-hydrogen) atoms. The maximum Gasteiger partial charge on any atom is 0.321 e. The molecule has 3 amide bonds. The van der Waals surface area contributed by atoms with E-state index >= 15 is 0 Å². The second kappa shape index (κ2) is 7.12. The molecule has 140 valence electrons. The number of carbonyl (C=O) groups excluding carboxylic acids is 2. The number of fused-ring (bicyclic) bond motifs is 1. The van der Waals surface area contributed by atoms with Crippen LogP contribution in [0.4, 0.5) is 10.5 Å². The van der Waals surface area contributed by atoms with Crippen LogP contribution in [0.1, 0.15) is 22.3 Å². The van der Waals surface area contributed by atoms with Crippen LogP contribution >= 0.6 is 11.6 Å². The minimum Gasteiger partial charge on any atom is -0.489 e. The first-order valence-electron chi connectivity index (χ1n) is 8.87. The number of hydrogen-bond donors (Lipinski definition) is 1. The molecule has 0 radical (unpaired) electrons. The highest BCUT2D eigenvalue weighted by atomic mass is 35.5. The van der Waals surface area contributed by atoms with Crippen molar-refractivity contribution in [2.24, 2.45) is 0 Å². The van der Waals surface area contributed by atoms with Crippen LogP contribution in [0.2, 0.25) is 5.02 Å². The van der Waals surface area contributed by atoms with E-state index in [4.69, 9.17) is 16.3 Å². The number of anilines is 1. The van der Waals surface area contributed by atoms with Crippen LogP contribution in [0.5, 0.6) is 5.75 Å². The predicted octanol–water partition coefficient (Wildman–Crippen LogP) is 3.61. The fraction of sp³-hybridized carbons (Fsp3) is 0.300. The molecule has 6 nitrogen and oxygen atoms in total. The highest BCUT2D eigenvalue weighted by Gasteiger charge is 2.30. The number of carbonyl (C=O) groups is 2. The number of hydrogen-bond acceptors (Lipinski definition) is 3. The molecule has 2 aromatic rings. The molecule has 2 aliphatic rings. The van der Waals surface area contributed by atoms with Gasteiger partial charge in [0.25, 0.3) is 5.91 Å². The van der Waals surface area contributed by atoms with Crippen molar-refractivity contribution in [2.45, 2.75) is 19.1 Å². The molecule has 1 saturated heterocycles. The maximum absolute atomic E-state index is 12.7. The molecule has 2 aliphatic heterocycles. The van der Waals surface area contributed by atoms with Gasteiger partial charge in [0.2, 0.25) is 0 Å². The van der Waals surface area contributed by atoms with E-state index < -0.39 is 0 Å². The number of benzene rings is 2. The fourth-order valence-corrected chi connectivity index (χ4v) is 3.62. The number of rotatable bonds is 3. The highest BCUT2D eigenvalue weighted by Crippen LogP contribution is 2.29. The quantitative estimate of drug-likeness (QED) is 0.877. The number of nitrogens with zero attached hydrogens (tertiary/aromatic N) is 2. The van der Waals surface area contributed by atoms with Crippen LogP contribution < -0.4 is 10.1 Å². The zero-order valence-corrected chi connectivity index (χ0v) is 15.7.